The lowest BCUT2D eigenvalue weighted by Gasteiger charge is -2.26. The van der Waals surface area contributed by atoms with Crippen LogP contribution < -0.4 is 16.0 Å². The average molecular weight is 514 g/mol. The predicted octanol–water partition coefficient (Wildman–Crippen LogP) is 3.83. The highest BCUT2D eigenvalue weighted by atomic mass is 127. The zero-order chi connectivity index (χ0) is 19.1. The van der Waals surface area contributed by atoms with E-state index in [1.54, 1.807) is 30.9 Å². The molecule has 0 aromatic heterocycles. The standard InChI is InChI=1S/C20H23FN4OS.HI/c1-22-20(23-10-11-27-16-8-6-15(21)7-9-16)24-13-14-12-19(26)25-18-5-3-2-4-17(14)18;/h2-9,14H,10-13H2,1H3,(H,25,26)(H2,22,23,24);1H. The summed E-state index contributed by atoms with van der Waals surface area (Å²) in [5.41, 5.74) is 2.03. The minimum atomic E-state index is -0.222. The van der Waals surface area contributed by atoms with E-state index in [1.165, 1.54) is 12.1 Å². The second-order valence-corrected chi connectivity index (χ2v) is 7.39. The third kappa shape index (κ3) is 6.37. The zero-order valence-corrected chi connectivity index (χ0v) is 18.7. The molecule has 0 radical (unpaired) electrons. The van der Waals surface area contributed by atoms with Crippen LogP contribution in [0.4, 0.5) is 10.1 Å². The summed E-state index contributed by atoms with van der Waals surface area (Å²) in [5.74, 6) is 1.47. The van der Waals surface area contributed by atoms with Crippen molar-refractivity contribution in [2.75, 3.05) is 31.2 Å². The van der Waals surface area contributed by atoms with E-state index in [0.717, 1.165) is 28.4 Å². The third-order valence-corrected chi connectivity index (χ3v) is 5.34. The molecule has 5 nitrogen and oxygen atoms in total. The smallest absolute Gasteiger partial charge is 0.225 e. The highest BCUT2D eigenvalue weighted by molar-refractivity contribution is 14.0. The number of guanidine groups is 1. The second-order valence-electron chi connectivity index (χ2n) is 6.22. The molecule has 0 saturated carbocycles. The van der Waals surface area contributed by atoms with Crippen LogP contribution >= 0.6 is 35.7 Å². The van der Waals surface area contributed by atoms with E-state index in [0.29, 0.717) is 18.9 Å². The van der Waals surface area contributed by atoms with Gasteiger partial charge in [-0.15, -0.1) is 35.7 Å². The summed E-state index contributed by atoms with van der Waals surface area (Å²) in [6, 6.07) is 14.4. The first-order valence-corrected chi connectivity index (χ1v) is 9.86. The summed E-state index contributed by atoms with van der Waals surface area (Å²) >= 11 is 1.65. The number of anilines is 1. The molecule has 3 N–H and O–H groups in total. The van der Waals surface area contributed by atoms with Crippen LogP contribution in [-0.2, 0) is 4.79 Å². The van der Waals surface area contributed by atoms with Gasteiger partial charge in [0.1, 0.15) is 5.82 Å². The van der Waals surface area contributed by atoms with Crippen LogP contribution in [0, 0.1) is 5.82 Å². The Morgan fingerprint density at radius 3 is 2.71 bits per heavy atom. The molecule has 0 bridgehead atoms. The number of hydrogen-bond acceptors (Lipinski definition) is 3. The van der Waals surface area contributed by atoms with Crippen LogP contribution in [0.2, 0.25) is 0 Å². The van der Waals surface area contributed by atoms with Crippen LogP contribution in [0.5, 0.6) is 0 Å². The van der Waals surface area contributed by atoms with Crippen molar-refractivity contribution in [1.82, 2.24) is 10.6 Å². The SMILES string of the molecule is CN=C(NCCSc1ccc(F)cc1)NCC1CC(=O)Nc2ccccc21.I. The predicted molar refractivity (Wildman–Crippen MR) is 124 cm³/mol. The van der Waals surface area contributed by atoms with Crippen molar-refractivity contribution in [3.05, 3.63) is 59.9 Å². The molecule has 1 atom stereocenters. The Morgan fingerprint density at radius 1 is 1.21 bits per heavy atom. The van der Waals surface area contributed by atoms with E-state index < -0.39 is 0 Å². The maximum absolute atomic E-state index is 12.9. The Balaban J connectivity index is 0.00000280. The molecular formula is C20H24FIN4OS. The molecule has 150 valence electrons. The van der Waals surface area contributed by atoms with E-state index in [-0.39, 0.29) is 41.6 Å². The number of fused-ring (bicyclic) bond motifs is 1. The fourth-order valence-corrected chi connectivity index (χ4v) is 3.76. The Kier molecular flexibility index (Phi) is 9.04. The van der Waals surface area contributed by atoms with Gasteiger partial charge in [0, 0.05) is 48.8 Å². The molecule has 0 aliphatic carbocycles. The van der Waals surface area contributed by atoms with Gasteiger partial charge in [-0.1, -0.05) is 18.2 Å². The first-order valence-electron chi connectivity index (χ1n) is 8.87. The Morgan fingerprint density at radius 2 is 1.96 bits per heavy atom. The molecule has 1 aliphatic rings. The van der Waals surface area contributed by atoms with Crippen molar-refractivity contribution in [3.8, 4) is 0 Å². The zero-order valence-electron chi connectivity index (χ0n) is 15.6. The van der Waals surface area contributed by atoms with E-state index in [9.17, 15) is 9.18 Å². The summed E-state index contributed by atoms with van der Waals surface area (Å²) in [5, 5.41) is 9.49. The van der Waals surface area contributed by atoms with Gasteiger partial charge in [0.15, 0.2) is 5.96 Å². The van der Waals surface area contributed by atoms with E-state index >= 15 is 0 Å². The highest BCUT2D eigenvalue weighted by Crippen LogP contribution is 2.31. The summed E-state index contributed by atoms with van der Waals surface area (Å²) in [6.07, 6.45) is 0.460. The molecule has 1 amide bonds. The number of carbonyl (C=O) groups excluding carboxylic acids is 1. The summed E-state index contributed by atoms with van der Waals surface area (Å²) in [4.78, 5) is 17.2. The third-order valence-electron chi connectivity index (χ3n) is 4.32. The maximum atomic E-state index is 12.9. The molecule has 0 fully saturated rings. The van der Waals surface area contributed by atoms with Crippen LogP contribution in [0.15, 0.2) is 58.4 Å². The number of nitrogens with one attached hydrogen (secondary N) is 3. The topological polar surface area (TPSA) is 65.5 Å². The molecule has 8 heteroatoms. The van der Waals surface area contributed by atoms with Crippen molar-refractivity contribution in [1.29, 1.82) is 0 Å². The molecule has 1 unspecified atom stereocenters. The lowest BCUT2D eigenvalue weighted by molar-refractivity contribution is -0.116. The van der Waals surface area contributed by atoms with Gasteiger partial charge < -0.3 is 16.0 Å². The minimum Gasteiger partial charge on any atom is -0.356 e. The van der Waals surface area contributed by atoms with Crippen molar-refractivity contribution >= 4 is 53.3 Å². The van der Waals surface area contributed by atoms with E-state index in [1.807, 2.05) is 18.2 Å². The van der Waals surface area contributed by atoms with Gasteiger partial charge in [-0.3, -0.25) is 9.79 Å². The molecular weight excluding hydrogens is 490 g/mol. The fourth-order valence-electron chi connectivity index (χ4n) is 2.99. The molecule has 2 aromatic rings. The molecule has 0 spiro atoms. The largest absolute Gasteiger partial charge is 0.356 e. The number of para-hydroxylation sites is 1. The summed E-state index contributed by atoms with van der Waals surface area (Å²) < 4.78 is 12.9. The highest BCUT2D eigenvalue weighted by Gasteiger charge is 2.24. The number of hydrogen-bond donors (Lipinski definition) is 3. The number of thioether (sulfide) groups is 1. The number of halogens is 2. The molecule has 28 heavy (non-hydrogen) atoms. The molecule has 0 saturated heterocycles. The Hall–Kier alpha value is -1.81. The number of carbonyl (C=O) groups is 1. The van der Waals surface area contributed by atoms with Crippen molar-refractivity contribution in [2.24, 2.45) is 4.99 Å². The van der Waals surface area contributed by atoms with Crippen LogP contribution in [0.1, 0.15) is 17.9 Å². The number of nitrogens with zero attached hydrogens (tertiary/aromatic N) is 1. The summed E-state index contributed by atoms with van der Waals surface area (Å²) in [6.45, 7) is 1.36. The number of rotatable bonds is 6. The first kappa shape index (κ1) is 22.5. The van der Waals surface area contributed by atoms with Gasteiger partial charge in [0.25, 0.3) is 0 Å². The lowest BCUT2D eigenvalue weighted by Crippen LogP contribution is -2.41. The molecule has 1 aliphatic heterocycles. The quantitative estimate of drug-likeness (QED) is 0.180. The molecule has 2 aromatic carbocycles. The normalized spacial score (nSPS) is 15.9. The van der Waals surface area contributed by atoms with Gasteiger partial charge >= 0.3 is 0 Å². The molecule has 1 heterocycles. The average Bonchev–Trinajstić information content (AvgIpc) is 2.68. The first-order chi connectivity index (χ1) is 13.2. The van der Waals surface area contributed by atoms with Crippen molar-refractivity contribution in [3.63, 3.8) is 0 Å². The fraction of sp³-hybridized carbons (Fsp3) is 0.300. The van der Waals surface area contributed by atoms with Crippen molar-refractivity contribution in [2.45, 2.75) is 17.2 Å². The van der Waals surface area contributed by atoms with E-state index in [4.69, 9.17) is 0 Å². The summed E-state index contributed by atoms with van der Waals surface area (Å²) in [7, 11) is 1.73. The second kappa shape index (κ2) is 11.3. The number of benzene rings is 2. The Bertz CT molecular complexity index is 816. The van der Waals surface area contributed by atoms with Gasteiger partial charge in [0.2, 0.25) is 5.91 Å². The number of amides is 1. The van der Waals surface area contributed by atoms with Gasteiger partial charge in [-0.2, -0.15) is 0 Å². The maximum Gasteiger partial charge on any atom is 0.225 e. The minimum absolute atomic E-state index is 0. The van der Waals surface area contributed by atoms with Crippen LogP contribution in [0.25, 0.3) is 0 Å². The van der Waals surface area contributed by atoms with Gasteiger partial charge in [0.05, 0.1) is 0 Å². The van der Waals surface area contributed by atoms with E-state index in [2.05, 4.69) is 27.0 Å². The Labute approximate surface area is 186 Å². The van der Waals surface area contributed by atoms with Gasteiger partial charge in [-0.05, 0) is 35.9 Å². The van der Waals surface area contributed by atoms with Crippen LogP contribution in [-0.4, -0.2) is 37.8 Å². The van der Waals surface area contributed by atoms with Crippen LogP contribution in [0.3, 0.4) is 0 Å². The van der Waals surface area contributed by atoms with Gasteiger partial charge in [-0.25, -0.2) is 4.39 Å². The molecule has 3 rings (SSSR count). The van der Waals surface area contributed by atoms with Crippen molar-refractivity contribution < 1.29 is 9.18 Å². The lowest BCUT2D eigenvalue weighted by atomic mass is 9.90. The monoisotopic (exact) mass is 514 g/mol. The number of aliphatic imine (C=N–C) groups is 1.